The Labute approximate surface area is 115 Å². The summed E-state index contributed by atoms with van der Waals surface area (Å²) >= 11 is 0. The van der Waals surface area contributed by atoms with Crippen molar-refractivity contribution >= 4 is 11.7 Å². The number of hydrogen-bond donors (Lipinski definition) is 1. The van der Waals surface area contributed by atoms with E-state index in [1.54, 1.807) is 6.07 Å². The minimum atomic E-state index is -0.252. The highest BCUT2D eigenvalue weighted by atomic mass is 16.5. The van der Waals surface area contributed by atoms with Crippen LogP contribution in [0.1, 0.15) is 50.4 Å². The molecule has 2 rings (SSSR count). The van der Waals surface area contributed by atoms with Gasteiger partial charge in [0.1, 0.15) is 0 Å². The van der Waals surface area contributed by atoms with Crippen LogP contribution in [-0.4, -0.2) is 18.6 Å². The Morgan fingerprint density at radius 2 is 2.26 bits per heavy atom. The van der Waals surface area contributed by atoms with Gasteiger partial charge in [0, 0.05) is 11.7 Å². The lowest BCUT2D eigenvalue weighted by molar-refractivity contribution is 0.0526. The molecule has 0 bridgehead atoms. The lowest BCUT2D eigenvalue weighted by atomic mass is 9.92. The smallest absolute Gasteiger partial charge is 0.338 e. The number of rotatable bonds is 4. The molecule has 1 saturated carbocycles. The molecule has 104 valence electrons. The first-order valence-corrected chi connectivity index (χ1v) is 7.04. The Morgan fingerprint density at radius 1 is 1.47 bits per heavy atom. The zero-order chi connectivity index (χ0) is 13.9. The van der Waals surface area contributed by atoms with Gasteiger partial charge in [-0.1, -0.05) is 19.9 Å². The molecule has 1 aliphatic rings. The Kier molecular flexibility index (Phi) is 4.13. The fraction of sp³-hybridized carbons (Fsp3) is 0.562. The molecule has 1 fully saturated rings. The van der Waals surface area contributed by atoms with Crippen LogP contribution in [0.3, 0.4) is 0 Å². The van der Waals surface area contributed by atoms with Crippen molar-refractivity contribution in [2.75, 3.05) is 11.9 Å². The van der Waals surface area contributed by atoms with E-state index in [1.165, 1.54) is 19.3 Å². The fourth-order valence-corrected chi connectivity index (χ4v) is 2.75. The molecule has 0 saturated heterocycles. The molecular weight excluding hydrogens is 238 g/mol. The number of esters is 1. The van der Waals surface area contributed by atoms with Crippen molar-refractivity contribution in [3.05, 3.63) is 29.8 Å². The molecule has 1 atom stereocenters. The minimum Gasteiger partial charge on any atom is -0.462 e. The normalized spacial score (nSPS) is 21.1. The molecule has 1 N–H and O–H groups in total. The van der Waals surface area contributed by atoms with Crippen LogP contribution in [0, 0.1) is 5.41 Å². The summed E-state index contributed by atoms with van der Waals surface area (Å²) in [6.45, 7) is 6.85. The van der Waals surface area contributed by atoms with Crippen LogP contribution < -0.4 is 5.32 Å². The summed E-state index contributed by atoms with van der Waals surface area (Å²) in [5.41, 5.74) is 2.05. The number of ether oxygens (including phenoxy) is 1. The third-order valence-corrected chi connectivity index (χ3v) is 3.71. The third kappa shape index (κ3) is 3.72. The lowest BCUT2D eigenvalue weighted by Gasteiger charge is -2.18. The minimum absolute atomic E-state index is 0.252. The van der Waals surface area contributed by atoms with Gasteiger partial charge >= 0.3 is 5.97 Å². The maximum atomic E-state index is 11.7. The molecule has 1 aromatic rings. The summed E-state index contributed by atoms with van der Waals surface area (Å²) < 4.78 is 5.02. The molecule has 19 heavy (non-hydrogen) atoms. The van der Waals surface area contributed by atoms with Gasteiger partial charge in [-0.15, -0.1) is 0 Å². The van der Waals surface area contributed by atoms with Crippen molar-refractivity contribution in [3.63, 3.8) is 0 Å². The number of benzene rings is 1. The van der Waals surface area contributed by atoms with Gasteiger partial charge in [0.15, 0.2) is 0 Å². The van der Waals surface area contributed by atoms with Gasteiger partial charge in [-0.2, -0.15) is 0 Å². The number of hydrogen-bond acceptors (Lipinski definition) is 3. The van der Waals surface area contributed by atoms with E-state index in [1.807, 2.05) is 25.1 Å². The van der Waals surface area contributed by atoms with Gasteiger partial charge in [0.05, 0.1) is 12.2 Å². The maximum Gasteiger partial charge on any atom is 0.338 e. The van der Waals surface area contributed by atoms with E-state index in [0.29, 0.717) is 23.6 Å². The first-order chi connectivity index (χ1) is 9.00. The molecule has 1 aliphatic carbocycles. The molecule has 0 aliphatic heterocycles. The second-order valence-electron chi connectivity index (χ2n) is 6.05. The van der Waals surface area contributed by atoms with Crippen LogP contribution in [0.25, 0.3) is 0 Å². The number of carbonyl (C=O) groups is 1. The van der Waals surface area contributed by atoms with E-state index in [-0.39, 0.29) is 5.97 Å². The molecule has 1 unspecified atom stereocenters. The largest absolute Gasteiger partial charge is 0.462 e. The summed E-state index contributed by atoms with van der Waals surface area (Å²) in [6.07, 6.45) is 3.62. The average Bonchev–Trinajstić information content (AvgIpc) is 2.69. The van der Waals surface area contributed by atoms with Crippen LogP contribution >= 0.6 is 0 Å². The van der Waals surface area contributed by atoms with Crippen molar-refractivity contribution in [1.29, 1.82) is 0 Å². The van der Waals surface area contributed by atoms with Crippen LogP contribution in [-0.2, 0) is 4.74 Å². The molecule has 0 radical (unpaired) electrons. The van der Waals surface area contributed by atoms with Gasteiger partial charge in [0.2, 0.25) is 0 Å². The van der Waals surface area contributed by atoms with Crippen LogP contribution in [0.5, 0.6) is 0 Å². The van der Waals surface area contributed by atoms with Crippen molar-refractivity contribution < 1.29 is 9.53 Å². The van der Waals surface area contributed by atoms with E-state index < -0.39 is 0 Å². The van der Waals surface area contributed by atoms with Gasteiger partial charge < -0.3 is 10.1 Å². The summed E-state index contributed by atoms with van der Waals surface area (Å²) in [6, 6.07) is 8.08. The first kappa shape index (κ1) is 13.9. The Bertz CT molecular complexity index is 454. The second-order valence-corrected chi connectivity index (χ2v) is 6.05. The third-order valence-electron chi connectivity index (χ3n) is 3.71. The van der Waals surface area contributed by atoms with E-state index in [0.717, 1.165) is 5.69 Å². The van der Waals surface area contributed by atoms with Crippen LogP contribution in [0.15, 0.2) is 24.3 Å². The number of nitrogens with one attached hydrogen (secondary N) is 1. The van der Waals surface area contributed by atoms with E-state index in [4.69, 9.17) is 4.74 Å². The summed E-state index contributed by atoms with van der Waals surface area (Å²) in [5.74, 6) is -0.252. The summed E-state index contributed by atoms with van der Waals surface area (Å²) in [7, 11) is 0. The van der Waals surface area contributed by atoms with E-state index in [9.17, 15) is 4.79 Å². The topological polar surface area (TPSA) is 38.3 Å². The Balaban J connectivity index is 2.01. The van der Waals surface area contributed by atoms with Gasteiger partial charge in [-0.3, -0.25) is 0 Å². The quantitative estimate of drug-likeness (QED) is 0.836. The number of carbonyl (C=O) groups excluding carboxylic acids is 1. The average molecular weight is 261 g/mol. The highest BCUT2D eigenvalue weighted by molar-refractivity contribution is 5.90. The maximum absolute atomic E-state index is 11.7. The van der Waals surface area contributed by atoms with E-state index in [2.05, 4.69) is 19.2 Å². The van der Waals surface area contributed by atoms with Gasteiger partial charge in [-0.25, -0.2) is 4.79 Å². The Hall–Kier alpha value is -1.51. The zero-order valence-electron chi connectivity index (χ0n) is 12.0. The molecular formula is C16H23NO2. The molecule has 0 spiro atoms. The lowest BCUT2D eigenvalue weighted by Crippen LogP contribution is -2.17. The van der Waals surface area contributed by atoms with Gasteiger partial charge in [-0.05, 0) is 49.8 Å². The molecule has 3 nitrogen and oxygen atoms in total. The molecule has 0 aromatic heterocycles. The molecule has 0 amide bonds. The molecule has 0 heterocycles. The van der Waals surface area contributed by atoms with Gasteiger partial charge in [0.25, 0.3) is 0 Å². The summed E-state index contributed by atoms with van der Waals surface area (Å²) in [4.78, 5) is 11.7. The molecule has 3 heteroatoms. The molecule has 1 aromatic carbocycles. The fourth-order valence-electron chi connectivity index (χ4n) is 2.75. The first-order valence-electron chi connectivity index (χ1n) is 7.04. The van der Waals surface area contributed by atoms with Crippen molar-refractivity contribution in [2.45, 2.75) is 46.1 Å². The second kappa shape index (κ2) is 5.64. The monoisotopic (exact) mass is 261 g/mol. The Morgan fingerprint density at radius 3 is 2.89 bits per heavy atom. The van der Waals surface area contributed by atoms with E-state index >= 15 is 0 Å². The van der Waals surface area contributed by atoms with Crippen LogP contribution in [0.2, 0.25) is 0 Å². The number of anilines is 1. The highest BCUT2D eigenvalue weighted by Gasteiger charge is 2.30. The predicted octanol–water partition coefficient (Wildman–Crippen LogP) is 3.85. The summed E-state index contributed by atoms with van der Waals surface area (Å²) in [5, 5.41) is 3.53. The zero-order valence-corrected chi connectivity index (χ0v) is 12.0. The van der Waals surface area contributed by atoms with Crippen LogP contribution in [0.4, 0.5) is 5.69 Å². The highest BCUT2D eigenvalue weighted by Crippen LogP contribution is 2.38. The SMILES string of the molecule is CCOC(=O)c1cccc(NC2CCC(C)(C)C2)c1. The van der Waals surface area contributed by atoms with Crippen molar-refractivity contribution in [3.8, 4) is 0 Å². The predicted molar refractivity (Wildman–Crippen MR) is 77.4 cm³/mol. The standard InChI is InChI=1S/C16H23NO2/c1-4-19-15(18)12-6-5-7-13(10-12)17-14-8-9-16(2,3)11-14/h5-7,10,14,17H,4,8-9,11H2,1-3H3. The van der Waals surface area contributed by atoms with Crippen molar-refractivity contribution in [2.24, 2.45) is 5.41 Å². The van der Waals surface area contributed by atoms with Crippen molar-refractivity contribution in [1.82, 2.24) is 0 Å².